The van der Waals surface area contributed by atoms with Gasteiger partial charge in [-0.3, -0.25) is 4.79 Å². The molecule has 2 aromatic carbocycles. The van der Waals surface area contributed by atoms with Crippen LogP contribution in [0.4, 0.5) is 0 Å². The molecule has 0 spiro atoms. The van der Waals surface area contributed by atoms with Crippen LogP contribution in [-0.4, -0.2) is 29.2 Å². The second kappa shape index (κ2) is 7.34. The lowest BCUT2D eigenvalue weighted by atomic mass is 10.1. The van der Waals surface area contributed by atoms with Gasteiger partial charge in [0.05, 0.1) is 12.4 Å². The van der Waals surface area contributed by atoms with Gasteiger partial charge < -0.3 is 19.3 Å². The summed E-state index contributed by atoms with van der Waals surface area (Å²) >= 11 is 0. The van der Waals surface area contributed by atoms with Gasteiger partial charge >= 0.3 is 0 Å². The first kappa shape index (κ1) is 18.0. The molecular weight excluding hydrogens is 358 g/mol. The SMILES string of the molecule is COc1ccc(-[n+]2noc([O-])c2CN(C(=O)c2cccc(C)c2)C2CC2)cc1. The summed E-state index contributed by atoms with van der Waals surface area (Å²) in [6.45, 7) is 2.09. The van der Waals surface area contributed by atoms with Gasteiger partial charge in [0.1, 0.15) is 12.3 Å². The lowest BCUT2D eigenvalue weighted by Gasteiger charge is -2.21. The molecule has 0 atom stereocenters. The van der Waals surface area contributed by atoms with E-state index >= 15 is 0 Å². The Hall–Kier alpha value is -3.35. The van der Waals surface area contributed by atoms with Crippen LogP contribution < -0.4 is 14.5 Å². The zero-order valence-corrected chi connectivity index (χ0v) is 15.8. The second-order valence-electron chi connectivity index (χ2n) is 6.95. The smallest absolute Gasteiger partial charge is 0.259 e. The van der Waals surface area contributed by atoms with Crippen LogP contribution in [0.5, 0.6) is 11.7 Å². The van der Waals surface area contributed by atoms with E-state index in [1.807, 2.05) is 25.1 Å². The maximum absolute atomic E-state index is 13.1. The van der Waals surface area contributed by atoms with E-state index in [9.17, 15) is 9.90 Å². The Labute approximate surface area is 162 Å². The van der Waals surface area contributed by atoms with Gasteiger partial charge in [-0.1, -0.05) is 17.7 Å². The van der Waals surface area contributed by atoms with Gasteiger partial charge in [0.2, 0.25) is 5.69 Å². The first-order valence-corrected chi connectivity index (χ1v) is 9.17. The summed E-state index contributed by atoms with van der Waals surface area (Å²) in [7, 11) is 1.59. The van der Waals surface area contributed by atoms with E-state index in [0.29, 0.717) is 22.7 Å². The Morgan fingerprint density at radius 1 is 1.29 bits per heavy atom. The molecular formula is C21H21N3O4. The van der Waals surface area contributed by atoms with Crippen LogP contribution in [0.15, 0.2) is 53.1 Å². The van der Waals surface area contributed by atoms with Crippen LogP contribution in [0, 0.1) is 6.92 Å². The van der Waals surface area contributed by atoms with Crippen LogP contribution in [0.1, 0.15) is 34.5 Å². The summed E-state index contributed by atoms with van der Waals surface area (Å²) in [5, 5.41) is 16.2. The number of hydrogen-bond acceptors (Lipinski definition) is 5. The fourth-order valence-electron chi connectivity index (χ4n) is 3.18. The molecule has 1 fully saturated rings. The zero-order valence-electron chi connectivity index (χ0n) is 15.8. The molecule has 0 N–H and O–H groups in total. The van der Waals surface area contributed by atoms with Crippen molar-refractivity contribution in [2.45, 2.75) is 32.4 Å². The summed E-state index contributed by atoms with van der Waals surface area (Å²) in [6.07, 6.45) is 1.86. The van der Waals surface area contributed by atoms with Crippen LogP contribution in [0.3, 0.4) is 0 Å². The fraction of sp³-hybridized carbons (Fsp3) is 0.286. The standard InChI is InChI=1S/C21H21N3O4/c1-14-4-3-5-15(12-14)20(25)23(16-6-7-16)13-19-21(26)28-22-24(19)17-8-10-18(27-2)11-9-17/h3-5,8-12,16H,6-7,13H2,1-2H3. The van der Waals surface area contributed by atoms with Crippen LogP contribution >= 0.6 is 0 Å². The molecule has 1 aliphatic carbocycles. The molecule has 4 rings (SSSR count). The molecule has 7 nitrogen and oxygen atoms in total. The topological polar surface area (TPSA) is 82.5 Å². The summed E-state index contributed by atoms with van der Waals surface area (Å²) in [5.74, 6) is 0.0672. The maximum atomic E-state index is 13.1. The van der Waals surface area contributed by atoms with E-state index in [2.05, 4.69) is 5.27 Å². The van der Waals surface area contributed by atoms with Crippen molar-refractivity contribution in [2.75, 3.05) is 7.11 Å². The largest absolute Gasteiger partial charge is 0.539 e. The number of aryl methyl sites for hydroxylation is 1. The van der Waals surface area contributed by atoms with Crippen molar-refractivity contribution < 1.29 is 23.8 Å². The summed E-state index contributed by atoms with van der Waals surface area (Å²) in [4.78, 5) is 14.8. The number of carbonyl (C=O) groups is 1. The number of methoxy groups -OCH3 is 1. The minimum atomic E-state index is -0.543. The van der Waals surface area contributed by atoms with Crippen molar-refractivity contribution in [2.24, 2.45) is 0 Å². The highest BCUT2D eigenvalue weighted by molar-refractivity contribution is 5.94. The molecule has 7 heteroatoms. The number of carbonyl (C=O) groups excluding carboxylic acids is 1. The Kier molecular flexibility index (Phi) is 4.73. The molecule has 144 valence electrons. The minimum absolute atomic E-state index is 0.0897. The molecule has 1 aromatic heterocycles. The monoisotopic (exact) mass is 379 g/mol. The molecule has 3 aromatic rings. The quantitative estimate of drug-likeness (QED) is 0.613. The van der Waals surface area contributed by atoms with Gasteiger partial charge in [-0.25, -0.2) is 0 Å². The molecule has 1 aliphatic rings. The molecule has 1 saturated carbocycles. The third-order valence-electron chi connectivity index (χ3n) is 4.85. The number of rotatable bonds is 6. The van der Waals surface area contributed by atoms with Crippen molar-refractivity contribution in [1.29, 1.82) is 0 Å². The van der Waals surface area contributed by atoms with E-state index in [0.717, 1.165) is 18.4 Å². The van der Waals surface area contributed by atoms with Crippen LogP contribution in [0.2, 0.25) is 0 Å². The van der Waals surface area contributed by atoms with E-state index in [1.54, 1.807) is 42.3 Å². The van der Waals surface area contributed by atoms with Crippen LogP contribution in [-0.2, 0) is 6.54 Å². The van der Waals surface area contributed by atoms with Crippen molar-refractivity contribution >= 4 is 5.91 Å². The number of amides is 1. The number of hydrogen-bond donors (Lipinski definition) is 0. The van der Waals surface area contributed by atoms with Gasteiger partial charge in [-0.05, 0) is 48.7 Å². The highest BCUT2D eigenvalue weighted by Gasteiger charge is 2.36. The molecule has 28 heavy (non-hydrogen) atoms. The van der Waals surface area contributed by atoms with Gasteiger partial charge in [-0.2, -0.15) is 0 Å². The zero-order chi connectivity index (χ0) is 19.7. The number of benzene rings is 2. The molecule has 1 heterocycles. The average molecular weight is 379 g/mol. The van der Waals surface area contributed by atoms with E-state index in [4.69, 9.17) is 9.26 Å². The van der Waals surface area contributed by atoms with Gasteiger partial charge in [-0.15, -0.1) is 0 Å². The Morgan fingerprint density at radius 2 is 2.04 bits per heavy atom. The fourth-order valence-corrected chi connectivity index (χ4v) is 3.18. The predicted molar refractivity (Wildman–Crippen MR) is 98.1 cm³/mol. The van der Waals surface area contributed by atoms with E-state index in [-0.39, 0.29) is 18.5 Å². The summed E-state index contributed by atoms with van der Waals surface area (Å²) in [6, 6.07) is 14.7. The second-order valence-corrected chi connectivity index (χ2v) is 6.95. The number of aromatic nitrogens is 2. The third-order valence-corrected chi connectivity index (χ3v) is 4.85. The van der Waals surface area contributed by atoms with Crippen molar-refractivity contribution in [3.05, 3.63) is 65.4 Å². The molecule has 0 unspecified atom stereocenters. The lowest BCUT2D eigenvalue weighted by molar-refractivity contribution is -0.678. The predicted octanol–water partition coefficient (Wildman–Crippen LogP) is 2.15. The lowest BCUT2D eigenvalue weighted by Crippen LogP contribution is -2.42. The van der Waals surface area contributed by atoms with Crippen molar-refractivity contribution in [3.8, 4) is 17.4 Å². The van der Waals surface area contributed by atoms with Crippen molar-refractivity contribution in [1.82, 2.24) is 10.2 Å². The summed E-state index contributed by atoms with van der Waals surface area (Å²) < 4.78 is 11.5. The average Bonchev–Trinajstić information content (AvgIpc) is 3.49. The molecule has 0 radical (unpaired) electrons. The van der Waals surface area contributed by atoms with Gasteiger partial charge in [0, 0.05) is 23.7 Å². The molecule has 0 aliphatic heterocycles. The third kappa shape index (κ3) is 3.55. The van der Waals surface area contributed by atoms with Crippen molar-refractivity contribution in [3.63, 3.8) is 0 Å². The molecule has 1 amide bonds. The maximum Gasteiger partial charge on any atom is 0.259 e. The van der Waals surface area contributed by atoms with E-state index in [1.165, 1.54) is 4.68 Å². The summed E-state index contributed by atoms with van der Waals surface area (Å²) in [5.41, 5.74) is 2.62. The highest BCUT2D eigenvalue weighted by Crippen LogP contribution is 2.30. The highest BCUT2D eigenvalue weighted by atomic mass is 16.6. The Bertz CT molecular complexity index is 993. The van der Waals surface area contributed by atoms with Crippen LogP contribution in [0.25, 0.3) is 5.69 Å². The van der Waals surface area contributed by atoms with Gasteiger partial charge in [0.15, 0.2) is 5.95 Å². The number of ether oxygens (including phenoxy) is 1. The Balaban J connectivity index is 1.65. The minimum Gasteiger partial charge on any atom is -0.539 e. The van der Waals surface area contributed by atoms with Gasteiger partial charge in [0.25, 0.3) is 11.6 Å². The number of nitrogens with zero attached hydrogens (tertiary/aromatic N) is 3. The molecule has 0 bridgehead atoms. The normalized spacial score (nSPS) is 13.4. The van der Waals surface area contributed by atoms with E-state index < -0.39 is 5.95 Å². The Morgan fingerprint density at radius 3 is 2.68 bits per heavy atom. The molecule has 0 saturated heterocycles. The first-order chi connectivity index (χ1) is 13.6. The first-order valence-electron chi connectivity index (χ1n) is 9.17.